The summed E-state index contributed by atoms with van der Waals surface area (Å²) in [5.41, 5.74) is 2.38. The van der Waals surface area contributed by atoms with E-state index in [-0.39, 0.29) is 12.5 Å². The zero-order valence-electron chi connectivity index (χ0n) is 11.1. The molecule has 0 saturated carbocycles. The van der Waals surface area contributed by atoms with E-state index < -0.39 is 0 Å². The van der Waals surface area contributed by atoms with Crippen LogP contribution in [0.2, 0.25) is 5.02 Å². The second-order valence-electron chi connectivity index (χ2n) is 5.01. The summed E-state index contributed by atoms with van der Waals surface area (Å²) in [6.07, 6.45) is 0. The Labute approximate surface area is 115 Å². The van der Waals surface area contributed by atoms with Gasteiger partial charge in [0, 0.05) is 28.9 Å². The number of benzene rings is 1. The van der Waals surface area contributed by atoms with E-state index in [0.717, 1.165) is 33.4 Å². The summed E-state index contributed by atoms with van der Waals surface area (Å²) in [7, 11) is 0. The summed E-state index contributed by atoms with van der Waals surface area (Å²) in [5, 5.41) is 11.8. The number of aliphatic hydroxyl groups is 1. The van der Waals surface area contributed by atoms with Gasteiger partial charge >= 0.3 is 0 Å². The Hall–Kier alpha value is -1.45. The first-order valence-electron chi connectivity index (χ1n) is 6.25. The molecule has 1 unspecified atom stereocenters. The molecule has 3 aromatic rings. The molecule has 100 valence electrons. The van der Waals surface area contributed by atoms with E-state index in [9.17, 15) is 5.11 Å². The summed E-state index contributed by atoms with van der Waals surface area (Å²) in [4.78, 5) is 0. The van der Waals surface area contributed by atoms with Gasteiger partial charge in [-0.3, -0.25) is 0 Å². The van der Waals surface area contributed by atoms with E-state index in [2.05, 4.69) is 0 Å². The molecule has 1 N–H and O–H groups in total. The molecule has 1 aromatic carbocycles. The molecule has 0 aliphatic rings. The van der Waals surface area contributed by atoms with E-state index in [1.165, 1.54) is 0 Å². The van der Waals surface area contributed by atoms with Gasteiger partial charge in [0.2, 0.25) is 0 Å². The standard InChI is InChI=1S/C15H15ClO3/c1-7(6-17)12-10-4-8(2)19-15(10)13(16)11-5-9(3)18-14(11)12/h4-5,7,17H,6H2,1-3H3. The molecule has 0 spiro atoms. The smallest absolute Gasteiger partial charge is 0.154 e. The van der Waals surface area contributed by atoms with Gasteiger partial charge in [0.05, 0.1) is 5.02 Å². The van der Waals surface area contributed by atoms with E-state index in [0.29, 0.717) is 10.6 Å². The third-order valence-electron chi connectivity index (χ3n) is 3.45. The average Bonchev–Trinajstić information content (AvgIpc) is 2.92. The molecule has 4 heteroatoms. The minimum absolute atomic E-state index is 0.0372. The summed E-state index contributed by atoms with van der Waals surface area (Å²) < 4.78 is 11.5. The largest absolute Gasteiger partial charge is 0.461 e. The first-order chi connectivity index (χ1) is 9.02. The molecule has 0 radical (unpaired) electrons. The van der Waals surface area contributed by atoms with Crippen LogP contribution in [0.4, 0.5) is 0 Å². The number of fused-ring (bicyclic) bond motifs is 2. The van der Waals surface area contributed by atoms with E-state index in [1.807, 2.05) is 32.9 Å². The predicted octanol–water partition coefficient (Wildman–Crippen LogP) is 4.55. The fraction of sp³-hybridized carbons (Fsp3) is 0.333. The predicted molar refractivity (Wildman–Crippen MR) is 76.0 cm³/mol. The second-order valence-corrected chi connectivity index (χ2v) is 5.39. The van der Waals surface area contributed by atoms with Gasteiger partial charge in [0.15, 0.2) is 5.58 Å². The van der Waals surface area contributed by atoms with E-state index >= 15 is 0 Å². The van der Waals surface area contributed by atoms with Crippen LogP contribution >= 0.6 is 11.6 Å². The lowest BCUT2D eigenvalue weighted by Gasteiger charge is -2.11. The van der Waals surface area contributed by atoms with Crippen molar-refractivity contribution in [2.45, 2.75) is 26.7 Å². The number of aliphatic hydroxyl groups excluding tert-OH is 1. The van der Waals surface area contributed by atoms with Gasteiger partial charge in [-0.25, -0.2) is 0 Å². The van der Waals surface area contributed by atoms with Gasteiger partial charge in [-0.15, -0.1) is 0 Å². The maximum absolute atomic E-state index is 9.48. The van der Waals surface area contributed by atoms with E-state index in [4.69, 9.17) is 20.4 Å². The van der Waals surface area contributed by atoms with Crippen molar-refractivity contribution in [2.24, 2.45) is 0 Å². The average molecular weight is 279 g/mol. The maximum Gasteiger partial charge on any atom is 0.154 e. The zero-order chi connectivity index (χ0) is 13.7. The van der Waals surface area contributed by atoms with Crippen molar-refractivity contribution in [1.82, 2.24) is 0 Å². The van der Waals surface area contributed by atoms with Crippen LogP contribution in [0.15, 0.2) is 21.0 Å². The zero-order valence-corrected chi connectivity index (χ0v) is 11.8. The molecule has 0 fully saturated rings. The highest BCUT2D eigenvalue weighted by Gasteiger charge is 2.22. The number of hydrogen-bond donors (Lipinski definition) is 1. The topological polar surface area (TPSA) is 46.5 Å². The molecule has 2 aromatic heterocycles. The van der Waals surface area contributed by atoms with Crippen molar-refractivity contribution in [3.8, 4) is 0 Å². The highest BCUT2D eigenvalue weighted by molar-refractivity contribution is 6.40. The molecule has 0 amide bonds. The van der Waals surface area contributed by atoms with Crippen LogP contribution < -0.4 is 0 Å². The van der Waals surface area contributed by atoms with Gasteiger partial charge in [-0.1, -0.05) is 18.5 Å². The van der Waals surface area contributed by atoms with Gasteiger partial charge in [-0.05, 0) is 26.0 Å². The van der Waals surface area contributed by atoms with Crippen molar-refractivity contribution in [1.29, 1.82) is 0 Å². The molecule has 1 atom stereocenters. The lowest BCUT2D eigenvalue weighted by molar-refractivity contribution is 0.273. The Balaban J connectivity index is 2.54. The Bertz CT molecular complexity index is 709. The Kier molecular flexibility index (Phi) is 2.84. The monoisotopic (exact) mass is 278 g/mol. The minimum atomic E-state index is -0.0372. The number of hydrogen-bond acceptors (Lipinski definition) is 3. The first kappa shape index (κ1) is 12.6. The van der Waals surface area contributed by atoms with Crippen molar-refractivity contribution in [2.75, 3.05) is 6.61 Å². The summed E-state index contributed by atoms with van der Waals surface area (Å²) in [6, 6.07) is 3.85. The molecule has 3 nitrogen and oxygen atoms in total. The molecule has 3 rings (SSSR count). The molecular formula is C15H15ClO3. The van der Waals surface area contributed by atoms with E-state index in [1.54, 1.807) is 0 Å². The minimum Gasteiger partial charge on any atom is -0.461 e. The summed E-state index contributed by atoms with van der Waals surface area (Å²) in [5.74, 6) is 1.56. The van der Waals surface area contributed by atoms with Crippen LogP contribution in [-0.4, -0.2) is 11.7 Å². The third kappa shape index (κ3) is 1.77. The molecule has 0 bridgehead atoms. The van der Waals surface area contributed by atoms with Crippen LogP contribution in [-0.2, 0) is 0 Å². The Morgan fingerprint density at radius 1 is 1.11 bits per heavy atom. The van der Waals surface area contributed by atoms with Crippen LogP contribution in [0.5, 0.6) is 0 Å². The number of aryl methyl sites for hydroxylation is 2. The van der Waals surface area contributed by atoms with Crippen LogP contribution in [0.25, 0.3) is 21.9 Å². The molecule has 2 heterocycles. The highest BCUT2D eigenvalue weighted by atomic mass is 35.5. The van der Waals surface area contributed by atoms with Crippen molar-refractivity contribution < 1.29 is 13.9 Å². The lowest BCUT2D eigenvalue weighted by atomic mass is 9.96. The van der Waals surface area contributed by atoms with Crippen LogP contribution in [0, 0.1) is 13.8 Å². The van der Waals surface area contributed by atoms with Gasteiger partial charge in [0.1, 0.15) is 17.1 Å². The number of rotatable bonds is 2. The summed E-state index contributed by atoms with van der Waals surface area (Å²) >= 11 is 6.40. The van der Waals surface area contributed by atoms with Crippen LogP contribution in [0.1, 0.15) is 29.9 Å². The van der Waals surface area contributed by atoms with Crippen LogP contribution in [0.3, 0.4) is 0 Å². The number of furan rings is 2. The SMILES string of the molecule is Cc1cc2c(C(C)CO)c3oc(C)cc3c(Cl)c2o1. The maximum atomic E-state index is 9.48. The van der Waals surface area contributed by atoms with Gasteiger partial charge < -0.3 is 13.9 Å². The molecule has 19 heavy (non-hydrogen) atoms. The fourth-order valence-corrected chi connectivity index (χ4v) is 2.86. The van der Waals surface area contributed by atoms with Gasteiger partial charge in [-0.2, -0.15) is 0 Å². The second kappa shape index (κ2) is 4.29. The first-order valence-corrected chi connectivity index (χ1v) is 6.63. The van der Waals surface area contributed by atoms with Crippen molar-refractivity contribution in [3.05, 3.63) is 34.2 Å². The highest BCUT2D eigenvalue weighted by Crippen LogP contribution is 2.42. The molecule has 0 aliphatic heterocycles. The normalized spacial score (nSPS) is 13.5. The molecule has 0 aliphatic carbocycles. The molecular weight excluding hydrogens is 264 g/mol. The van der Waals surface area contributed by atoms with Crippen molar-refractivity contribution in [3.63, 3.8) is 0 Å². The third-order valence-corrected chi connectivity index (χ3v) is 3.82. The Morgan fingerprint density at radius 2 is 1.68 bits per heavy atom. The molecule has 0 saturated heterocycles. The Morgan fingerprint density at radius 3 is 2.32 bits per heavy atom. The lowest BCUT2D eigenvalue weighted by Crippen LogP contribution is -2.00. The van der Waals surface area contributed by atoms with Gasteiger partial charge in [0.25, 0.3) is 0 Å². The number of halogens is 1. The summed E-state index contributed by atoms with van der Waals surface area (Å²) in [6.45, 7) is 5.78. The van der Waals surface area contributed by atoms with Crippen molar-refractivity contribution >= 4 is 33.5 Å². The quantitative estimate of drug-likeness (QED) is 0.748. The fourth-order valence-electron chi connectivity index (χ4n) is 2.58.